The second-order valence-electron chi connectivity index (χ2n) is 8.21. The van der Waals surface area contributed by atoms with Gasteiger partial charge in [-0.05, 0) is 70.0 Å². The number of amides is 1. The summed E-state index contributed by atoms with van der Waals surface area (Å²) in [7, 11) is 1.51. The minimum atomic E-state index is -1.77. The molecule has 0 radical (unpaired) electrons. The highest BCUT2D eigenvalue weighted by Crippen LogP contribution is 2.33. The van der Waals surface area contributed by atoms with Gasteiger partial charge in [-0.3, -0.25) is 4.79 Å². The van der Waals surface area contributed by atoms with E-state index in [2.05, 4.69) is 20.8 Å². The molecule has 0 aliphatic rings. The van der Waals surface area contributed by atoms with Crippen molar-refractivity contribution in [3.8, 4) is 11.5 Å². The molecule has 36 heavy (non-hydrogen) atoms. The topological polar surface area (TPSA) is 134 Å². The summed E-state index contributed by atoms with van der Waals surface area (Å²) in [6.45, 7) is 9.83. The molecule has 4 rings (SSSR count). The van der Waals surface area contributed by atoms with Crippen molar-refractivity contribution >= 4 is 38.8 Å². The number of phenols is 2. The Bertz CT molecular complexity index is 1360. The lowest BCUT2D eigenvalue weighted by Gasteiger charge is -2.10. The first-order valence-electron chi connectivity index (χ1n) is 11.3. The van der Waals surface area contributed by atoms with Gasteiger partial charge in [-0.2, -0.15) is 9.76 Å². The molecule has 2 aromatic heterocycles. The van der Waals surface area contributed by atoms with E-state index < -0.39 is 11.1 Å². The summed E-state index contributed by atoms with van der Waals surface area (Å²) in [5.74, 6) is -0.429. The quantitative estimate of drug-likeness (QED) is 0.296. The van der Waals surface area contributed by atoms with E-state index in [1.807, 2.05) is 58.9 Å². The van der Waals surface area contributed by atoms with Crippen LogP contribution in [0.15, 0.2) is 41.3 Å². The van der Waals surface area contributed by atoms with Gasteiger partial charge < -0.3 is 15.5 Å². The third-order valence-electron chi connectivity index (χ3n) is 5.48. The maximum Gasteiger partial charge on any atom is 0.255 e. The Balaban J connectivity index is 0.000000201. The fourth-order valence-electron chi connectivity index (χ4n) is 3.74. The normalized spacial score (nSPS) is 11.7. The molecule has 0 bridgehead atoms. The van der Waals surface area contributed by atoms with E-state index in [0.29, 0.717) is 17.6 Å². The third-order valence-corrected chi connectivity index (χ3v) is 6.47. The molecule has 190 valence electrons. The lowest BCUT2D eigenvalue weighted by molar-refractivity contribution is 0.0953. The van der Waals surface area contributed by atoms with Gasteiger partial charge in [-0.25, -0.2) is 14.2 Å². The van der Waals surface area contributed by atoms with Crippen LogP contribution in [0.4, 0.5) is 0 Å². The Morgan fingerprint density at radius 2 is 1.44 bits per heavy atom. The molecule has 1 amide bonds. The van der Waals surface area contributed by atoms with Gasteiger partial charge in [0.2, 0.25) is 11.1 Å². The summed E-state index contributed by atoms with van der Waals surface area (Å²) < 4.78 is 16.6. The van der Waals surface area contributed by atoms with Crippen molar-refractivity contribution in [1.82, 2.24) is 20.8 Å². The Morgan fingerprint density at radius 3 is 1.97 bits per heavy atom. The van der Waals surface area contributed by atoms with E-state index in [1.165, 1.54) is 7.05 Å². The monoisotopic (exact) mass is 510 g/mol. The zero-order chi connectivity index (χ0) is 26.6. The fourth-order valence-corrected chi connectivity index (χ4v) is 4.51. The molecule has 0 fully saturated rings. The summed E-state index contributed by atoms with van der Waals surface area (Å²) in [4.78, 5) is 20.7. The Kier molecular flexibility index (Phi) is 8.57. The lowest BCUT2D eigenvalue weighted by atomic mass is 10.0. The highest BCUT2D eigenvalue weighted by Gasteiger charge is 2.17. The molecular formula is C26H30N4O5S. The number of carbonyl (C=O) groups excluding carboxylic acids is 1. The largest absolute Gasteiger partial charge is 0.505 e. The van der Waals surface area contributed by atoms with E-state index in [4.69, 9.17) is 4.28 Å². The average Bonchev–Trinajstić information content (AvgIpc) is 2.84. The maximum atomic E-state index is 11.8. The number of hydrogen-bond acceptors (Lipinski definition) is 8. The molecule has 10 heteroatoms. The number of rotatable bonds is 5. The fraction of sp³-hybridized carbons (Fsp3) is 0.269. The van der Waals surface area contributed by atoms with Crippen LogP contribution in [0.5, 0.6) is 11.5 Å². The average molecular weight is 511 g/mol. The molecule has 2 aromatic carbocycles. The Labute approximate surface area is 212 Å². The second kappa shape index (κ2) is 11.4. The van der Waals surface area contributed by atoms with Crippen LogP contribution >= 0.6 is 0 Å². The zero-order valence-electron chi connectivity index (χ0n) is 21.1. The summed E-state index contributed by atoms with van der Waals surface area (Å²) in [5.41, 5.74) is 6.96. The molecule has 0 aliphatic carbocycles. The SMILES string of the molecule is CCNC(=O)c1cc(C)c2ccc(C)nc2c1O.CNOS(=O)c1cc(C)c2ccc(C)nc2c1O. The molecule has 0 aliphatic heterocycles. The Morgan fingerprint density at radius 1 is 0.917 bits per heavy atom. The van der Waals surface area contributed by atoms with Crippen LogP contribution in [0.25, 0.3) is 21.8 Å². The highest BCUT2D eigenvalue weighted by molar-refractivity contribution is 7.80. The molecule has 0 saturated carbocycles. The standard InChI is InChI=1S/C14H16N2O2.C12H14N2O3S/c1-4-15-14(18)11-7-8(2)10-6-5-9(3)16-12(10)13(11)17;1-7-6-10(18(16)17-13-3)12(15)11-9(7)5-4-8(2)14-11/h5-7,17H,4H2,1-3H3,(H,15,18);4-6,13,15H,1-3H3. The molecule has 1 atom stereocenters. The number of fused-ring (bicyclic) bond motifs is 2. The van der Waals surface area contributed by atoms with Crippen molar-refractivity contribution in [2.24, 2.45) is 0 Å². The van der Waals surface area contributed by atoms with Gasteiger partial charge in [-0.15, -0.1) is 0 Å². The number of aromatic hydroxyl groups is 2. The maximum absolute atomic E-state index is 11.8. The summed E-state index contributed by atoms with van der Waals surface area (Å²) >= 11 is -1.77. The molecule has 0 spiro atoms. The van der Waals surface area contributed by atoms with E-state index >= 15 is 0 Å². The molecule has 2 heterocycles. The van der Waals surface area contributed by atoms with Crippen LogP contribution in [0, 0.1) is 27.7 Å². The van der Waals surface area contributed by atoms with Crippen LogP contribution in [0.3, 0.4) is 0 Å². The van der Waals surface area contributed by atoms with E-state index in [-0.39, 0.29) is 27.9 Å². The van der Waals surface area contributed by atoms with E-state index in [1.54, 1.807) is 12.1 Å². The first kappa shape index (κ1) is 27.0. The highest BCUT2D eigenvalue weighted by atomic mass is 32.2. The first-order chi connectivity index (χ1) is 17.1. The number of carbonyl (C=O) groups is 1. The van der Waals surface area contributed by atoms with Crippen LogP contribution in [-0.4, -0.2) is 43.9 Å². The van der Waals surface area contributed by atoms with Crippen molar-refractivity contribution < 1.29 is 23.5 Å². The number of benzene rings is 2. The van der Waals surface area contributed by atoms with Gasteiger partial charge in [0.05, 0.1) is 5.56 Å². The summed E-state index contributed by atoms with van der Waals surface area (Å²) in [5, 5.41) is 24.7. The van der Waals surface area contributed by atoms with E-state index in [0.717, 1.165) is 33.3 Å². The number of hydrogen-bond donors (Lipinski definition) is 4. The molecular weight excluding hydrogens is 480 g/mol. The van der Waals surface area contributed by atoms with Gasteiger partial charge in [0, 0.05) is 35.8 Å². The van der Waals surface area contributed by atoms with Crippen molar-refractivity contribution in [3.63, 3.8) is 0 Å². The molecule has 4 aromatic rings. The predicted octanol–water partition coefficient (Wildman–Crippen LogP) is 4.04. The minimum Gasteiger partial charge on any atom is -0.505 e. The molecule has 9 nitrogen and oxygen atoms in total. The van der Waals surface area contributed by atoms with Gasteiger partial charge in [0.15, 0.2) is 11.5 Å². The van der Waals surface area contributed by atoms with Gasteiger partial charge in [-0.1, -0.05) is 12.1 Å². The van der Waals surface area contributed by atoms with Crippen molar-refractivity contribution in [2.75, 3.05) is 13.6 Å². The van der Waals surface area contributed by atoms with Crippen LogP contribution < -0.4 is 10.8 Å². The Hall–Kier alpha value is -3.60. The number of aryl methyl sites for hydroxylation is 4. The first-order valence-corrected chi connectivity index (χ1v) is 12.4. The molecule has 4 N–H and O–H groups in total. The van der Waals surface area contributed by atoms with E-state index in [9.17, 15) is 19.2 Å². The number of nitrogens with zero attached hydrogens (tertiary/aromatic N) is 2. The van der Waals surface area contributed by atoms with Crippen molar-refractivity contribution in [3.05, 3.63) is 64.5 Å². The third kappa shape index (κ3) is 5.62. The number of phenolic OH excluding ortho intramolecular Hbond substituents is 2. The number of hydroxylamine groups is 1. The summed E-state index contributed by atoms with van der Waals surface area (Å²) in [6, 6.07) is 10.9. The smallest absolute Gasteiger partial charge is 0.255 e. The van der Waals surface area contributed by atoms with Gasteiger partial charge in [0.25, 0.3) is 5.91 Å². The zero-order valence-corrected chi connectivity index (χ0v) is 21.9. The van der Waals surface area contributed by atoms with Crippen molar-refractivity contribution in [2.45, 2.75) is 39.5 Å². The second-order valence-corrected chi connectivity index (χ2v) is 9.28. The van der Waals surface area contributed by atoms with Gasteiger partial charge in [0.1, 0.15) is 15.9 Å². The van der Waals surface area contributed by atoms with Crippen LogP contribution in [-0.2, 0) is 15.4 Å². The summed E-state index contributed by atoms with van der Waals surface area (Å²) in [6.07, 6.45) is 0. The van der Waals surface area contributed by atoms with Gasteiger partial charge >= 0.3 is 0 Å². The molecule has 0 saturated heterocycles. The predicted molar refractivity (Wildman–Crippen MR) is 140 cm³/mol. The number of pyridine rings is 2. The number of nitrogens with one attached hydrogen (secondary N) is 2. The number of aromatic nitrogens is 2. The van der Waals surface area contributed by atoms with Crippen LogP contribution in [0.1, 0.15) is 39.8 Å². The van der Waals surface area contributed by atoms with Crippen molar-refractivity contribution in [1.29, 1.82) is 0 Å². The van der Waals surface area contributed by atoms with Crippen LogP contribution in [0.2, 0.25) is 0 Å². The lowest BCUT2D eigenvalue weighted by Crippen LogP contribution is -2.22. The molecule has 1 unspecified atom stereocenters. The minimum absolute atomic E-state index is 0.0507.